The third-order valence-electron chi connectivity index (χ3n) is 4.80. The number of aromatic nitrogens is 1. The fourth-order valence-corrected chi connectivity index (χ4v) is 5.98. The van der Waals surface area contributed by atoms with E-state index in [0.717, 1.165) is 0 Å². The van der Waals surface area contributed by atoms with Gasteiger partial charge in [0.2, 0.25) is 10.0 Å². The summed E-state index contributed by atoms with van der Waals surface area (Å²) in [6, 6.07) is 15.2. The molecule has 3 rings (SSSR count). The summed E-state index contributed by atoms with van der Waals surface area (Å²) in [7, 11) is -7.91. The molecule has 1 aromatic heterocycles. The van der Waals surface area contributed by atoms with Crippen molar-refractivity contribution in [1.82, 2.24) is 9.71 Å². The minimum atomic E-state index is -3.96. The van der Waals surface area contributed by atoms with E-state index in [9.17, 15) is 16.8 Å². The van der Waals surface area contributed by atoms with E-state index >= 15 is 0 Å². The van der Waals surface area contributed by atoms with E-state index in [-0.39, 0.29) is 16.3 Å². The van der Waals surface area contributed by atoms with Crippen molar-refractivity contribution < 1.29 is 26.3 Å². The van der Waals surface area contributed by atoms with Crippen LogP contribution in [0.25, 0.3) is 0 Å². The van der Waals surface area contributed by atoms with Gasteiger partial charge in [-0.05, 0) is 74.0 Å². The number of ether oxygens (including phenoxy) is 2. The highest BCUT2D eigenvalue weighted by atomic mass is 32.2. The van der Waals surface area contributed by atoms with Crippen molar-refractivity contribution >= 4 is 19.9 Å². The maximum atomic E-state index is 13.5. The summed E-state index contributed by atoms with van der Waals surface area (Å²) < 4.78 is 65.7. The first-order valence-electron chi connectivity index (χ1n) is 10.4. The fraction of sp³-hybridized carbons (Fsp3) is 0.261. The molecule has 0 radical (unpaired) electrons. The molecule has 176 valence electrons. The Labute approximate surface area is 194 Å². The van der Waals surface area contributed by atoms with E-state index in [1.165, 1.54) is 36.7 Å². The molecule has 1 atom stereocenters. The van der Waals surface area contributed by atoms with Crippen molar-refractivity contribution in [1.29, 1.82) is 0 Å². The summed E-state index contributed by atoms with van der Waals surface area (Å²) in [5, 5.41) is -1.18. The van der Waals surface area contributed by atoms with Gasteiger partial charge in [-0.25, -0.2) is 21.6 Å². The summed E-state index contributed by atoms with van der Waals surface area (Å²) in [5.41, 5.74) is 0.376. The lowest BCUT2D eigenvalue weighted by Crippen LogP contribution is -2.32. The van der Waals surface area contributed by atoms with Gasteiger partial charge in [0.05, 0.1) is 23.0 Å². The van der Waals surface area contributed by atoms with Gasteiger partial charge >= 0.3 is 0 Å². The maximum absolute atomic E-state index is 13.5. The highest BCUT2D eigenvalue weighted by Gasteiger charge is 2.31. The average molecular weight is 491 g/mol. The number of hydrogen-bond acceptors (Lipinski definition) is 7. The predicted octanol–water partition coefficient (Wildman–Crippen LogP) is 3.37. The SMILES string of the molecule is CCOc1ccc(S(=O)(=O)NCC(c2cccnc2)S(=O)(=O)c2ccc(OCC)cc2)cc1. The van der Waals surface area contributed by atoms with Gasteiger partial charge in [0.1, 0.15) is 16.7 Å². The zero-order valence-electron chi connectivity index (χ0n) is 18.3. The normalized spacial score (nSPS) is 12.8. The molecule has 8 nitrogen and oxygen atoms in total. The summed E-state index contributed by atoms with van der Waals surface area (Å²) in [6.45, 7) is 4.21. The molecule has 0 spiro atoms. The molecule has 1 heterocycles. The van der Waals surface area contributed by atoms with Crippen LogP contribution in [0.5, 0.6) is 11.5 Å². The van der Waals surface area contributed by atoms with E-state index in [1.54, 1.807) is 36.4 Å². The first kappa shape index (κ1) is 24.7. The molecular weight excluding hydrogens is 464 g/mol. The van der Waals surface area contributed by atoms with E-state index in [2.05, 4.69) is 9.71 Å². The maximum Gasteiger partial charge on any atom is 0.240 e. The second-order valence-electron chi connectivity index (χ2n) is 6.98. The number of hydrogen-bond donors (Lipinski definition) is 1. The minimum absolute atomic E-state index is 0.00866. The smallest absolute Gasteiger partial charge is 0.240 e. The molecule has 2 aromatic carbocycles. The lowest BCUT2D eigenvalue weighted by molar-refractivity contribution is 0.340. The first-order valence-corrected chi connectivity index (χ1v) is 13.4. The zero-order chi connectivity index (χ0) is 23.9. The van der Waals surface area contributed by atoms with Crippen molar-refractivity contribution in [2.24, 2.45) is 0 Å². The quantitative estimate of drug-likeness (QED) is 0.439. The molecule has 1 unspecified atom stereocenters. The lowest BCUT2D eigenvalue weighted by atomic mass is 10.2. The highest BCUT2D eigenvalue weighted by molar-refractivity contribution is 7.92. The zero-order valence-corrected chi connectivity index (χ0v) is 20.0. The standard InChI is InChI=1S/C23H26N2O6S2/c1-3-30-19-7-11-21(12-8-19)32(26,27)23(18-6-5-15-24-16-18)17-25-33(28,29)22-13-9-20(10-14-22)31-4-2/h5-16,23,25H,3-4,17H2,1-2H3. The number of sulfone groups is 1. The monoisotopic (exact) mass is 490 g/mol. The van der Waals surface area contributed by atoms with Crippen molar-refractivity contribution in [2.75, 3.05) is 19.8 Å². The molecule has 0 amide bonds. The van der Waals surface area contributed by atoms with Crippen molar-refractivity contribution in [2.45, 2.75) is 28.9 Å². The van der Waals surface area contributed by atoms with Crippen LogP contribution in [0.3, 0.4) is 0 Å². The fourth-order valence-electron chi connectivity index (χ4n) is 3.18. The van der Waals surface area contributed by atoms with E-state index in [4.69, 9.17) is 9.47 Å². The van der Waals surface area contributed by atoms with Crippen LogP contribution in [0.2, 0.25) is 0 Å². The van der Waals surface area contributed by atoms with Gasteiger partial charge in [0.25, 0.3) is 0 Å². The van der Waals surface area contributed by atoms with Gasteiger partial charge in [-0.3, -0.25) is 4.98 Å². The van der Waals surface area contributed by atoms with Crippen LogP contribution < -0.4 is 14.2 Å². The summed E-state index contributed by atoms with van der Waals surface area (Å²) in [6.07, 6.45) is 2.94. The topological polar surface area (TPSA) is 112 Å². The van der Waals surface area contributed by atoms with Crippen LogP contribution >= 0.6 is 0 Å². The highest BCUT2D eigenvalue weighted by Crippen LogP contribution is 2.30. The van der Waals surface area contributed by atoms with Crippen molar-refractivity contribution in [3.63, 3.8) is 0 Å². The molecule has 3 aromatic rings. The van der Waals surface area contributed by atoms with Crippen LogP contribution in [0.15, 0.2) is 82.8 Å². The summed E-state index contributed by atoms with van der Waals surface area (Å²) in [4.78, 5) is 4.07. The van der Waals surface area contributed by atoms with Crippen molar-refractivity contribution in [3.8, 4) is 11.5 Å². The molecule has 0 fully saturated rings. The van der Waals surface area contributed by atoms with Gasteiger partial charge in [-0.15, -0.1) is 0 Å². The molecular formula is C23H26N2O6S2. The third kappa shape index (κ3) is 6.10. The Bertz CT molecular complexity index is 1240. The summed E-state index contributed by atoms with van der Waals surface area (Å²) in [5.74, 6) is 1.09. The van der Waals surface area contributed by atoms with Gasteiger partial charge in [0.15, 0.2) is 9.84 Å². The average Bonchev–Trinajstić information content (AvgIpc) is 2.81. The van der Waals surface area contributed by atoms with Crippen LogP contribution in [0.1, 0.15) is 24.7 Å². The molecule has 33 heavy (non-hydrogen) atoms. The lowest BCUT2D eigenvalue weighted by Gasteiger charge is -2.19. The number of nitrogens with zero attached hydrogens (tertiary/aromatic N) is 1. The minimum Gasteiger partial charge on any atom is -0.494 e. The van der Waals surface area contributed by atoms with Crippen LogP contribution in [0.4, 0.5) is 0 Å². The number of pyridine rings is 1. The molecule has 10 heteroatoms. The summed E-state index contributed by atoms with van der Waals surface area (Å²) >= 11 is 0. The third-order valence-corrected chi connectivity index (χ3v) is 8.35. The van der Waals surface area contributed by atoms with Gasteiger partial charge in [-0.1, -0.05) is 6.07 Å². The predicted molar refractivity (Wildman–Crippen MR) is 125 cm³/mol. The first-order chi connectivity index (χ1) is 15.8. The molecule has 0 saturated heterocycles. The Morgan fingerprint density at radius 1 is 0.818 bits per heavy atom. The Hall–Kier alpha value is -2.95. The Kier molecular flexibility index (Phi) is 8.06. The van der Waals surface area contributed by atoms with E-state index in [1.807, 2.05) is 13.8 Å². The number of nitrogens with one attached hydrogen (secondary N) is 1. The number of sulfonamides is 1. The van der Waals surface area contributed by atoms with Crippen LogP contribution in [0, 0.1) is 0 Å². The Morgan fingerprint density at radius 2 is 1.36 bits per heavy atom. The number of benzene rings is 2. The van der Waals surface area contributed by atoms with Gasteiger partial charge in [-0.2, -0.15) is 0 Å². The van der Waals surface area contributed by atoms with E-state index < -0.39 is 25.1 Å². The van der Waals surface area contributed by atoms with Crippen LogP contribution in [-0.2, 0) is 19.9 Å². The molecule has 1 N–H and O–H groups in total. The van der Waals surface area contributed by atoms with Crippen LogP contribution in [-0.4, -0.2) is 41.6 Å². The van der Waals surface area contributed by atoms with Gasteiger partial charge in [0, 0.05) is 18.9 Å². The largest absolute Gasteiger partial charge is 0.494 e. The van der Waals surface area contributed by atoms with Gasteiger partial charge < -0.3 is 9.47 Å². The van der Waals surface area contributed by atoms with E-state index in [0.29, 0.717) is 30.3 Å². The second kappa shape index (κ2) is 10.8. The molecule has 0 saturated carbocycles. The molecule has 0 bridgehead atoms. The number of rotatable bonds is 11. The molecule has 0 aliphatic rings. The molecule has 0 aliphatic carbocycles. The Balaban J connectivity index is 1.88. The molecule has 0 aliphatic heterocycles. The van der Waals surface area contributed by atoms with Crippen molar-refractivity contribution in [3.05, 3.63) is 78.6 Å². The Morgan fingerprint density at radius 3 is 1.85 bits per heavy atom. The second-order valence-corrected chi connectivity index (χ2v) is 10.9.